The zero-order valence-corrected chi connectivity index (χ0v) is 16.8. The summed E-state index contributed by atoms with van der Waals surface area (Å²) in [6, 6.07) is 27.7. The van der Waals surface area contributed by atoms with Crippen molar-refractivity contribution in [1.82, 2.24) is 4.57 Å². The molecule has 0 amide bonds. The monoisotopic (exact) mass is 456 g/mol. The maximum Gasteiger partial charge on any atom is 0.245 e. The van der Waals surface area contributed by atoms with Crippen molar-refractivity contribution < 1.29 is 21.5 Å². The van der Waals surface area contributed by atoms with Crippen LogP contribution in [0.2, 0.25) is 0 Å². The van der Waals surface area contributed by atoms with E-state index in [2.05, 4.69) is 110 Å². The van der Waals surface area contributed by atoms with Crippen LogP contribution in [-0.4, -0.2) is 4.57 Å². The summed E-state index contributed by atoms with van der Waals surface area (Å²) in [5.74, 6) is 0. The normalized spacial score (nSPS) is 10.6. The predicted molar refractivity (Wildman–Crippen MR) is 101 cm³/mol. The van der Waals surface area contributed by atoms with E-state index in [-0.39, 0.29) is 17.0 Å². The maximum absolute atomic E-state index is 3.50. The van der Waals surface area contributed by atoms with Gasteiger partial charge in [0.2, 0.25) is 6.33 Å². The average Bonchev–Trinajstić information content (AvgIpc) is 2.96. The molecule has 3 aromatic carbocycles. The number of para-hydroxylation sites is 2. The SMILES string of the molecule is Brc1ccc(Cn2c[n+](Cc3ccccc3)c3ccccc32)cc1.[Br-]. The second-order valence-corrected chi connectivity index (χ2v) is 6.89. The van der Waals surface area contributed by atoms with Gasteiger partial charge in [-0.05, 0) is 35.4 Å². The first-order chi connectivity index (χ1) is 11.8. The summed E-state index contributed by atoms with van der Waals surface area (Å²) in [4.78, 5) is 0. The van der Waals surface area contributed by atoms with Gasteiger partial charge >= 0.3 is 0 Å². The molecule has 25 heavy (non-hydrogen) atoms. The van der Waals surface area contributed by atoms with Crippen LogP contribution in [0.3, 0.4) is 0 Å². The molecule has 2 nitrogen and oxygen atoms in total. The summed E-state index contributed by atoms with van der Waals surface area (Å²) in [6.45, 7) is 1.75. The van der Waals surface area contributed by atoms with E-state index in [0.29, 0.717) is 0 Å². The lowest BCUT2D eigenvalue weighted by Crippen LogP contribution is -3.00. The number of hydrogen-bond acceptors (Lipinski definition) is 0. The molecule has 0 aliphatic heterocycles. The largest absolute Gasteiger partial charge is 1.00 e. The Morgan fingerprint density at radius 2 is 1.44 bits per heavy atom. The number of halogens is 2. The summed E-state index contributed by atoms with van der Waals surface area (Å²) in [5.41, 5.74) is 5.13. The molecule has 0 aliphatic rings. The van der Waals surface area contributed by atoms with Gasteiger partial charge in [0.1, 0.15) is 13.1 Å². The van der Waals surface area contributed by atoms with Crippen LogP contribution >= 0.6 is 15.9 Å². The lowest BCUT2D eigenvalue weighted by molar-refractivity contribution is -0.663. The highest BCUT2D eigenvalue weighted by Crippen LogP contribution is 2.16. The molecule has 0 fully saturated rings. The first kappa shape index (κ1) is 17.9. The quantitative estimate of drug-likeness (QED) is 0.413. The molecule has 0 aliphatic carbocycles. The second-order valence-electron chi connectivity index (χ2n) is 5.97. The first-order valence-corrected chi connectivity index (χ1v) is 8.84. The van der Waals surface area contributed by atoms with E-state index in [9.17, 15) is 0 Å². The number of rotatable bonds is 4. The van der Waals surface area contributed by atoms with Crippen molar-refractivity contribution in [2.45, 2.75) is 13.1 Å². The molecule has 0 radical (unpaired) electrons. The fourth-order valence-electron chi connectivity index (χ4n) is 3.06. The summed E-state index contributed by atoms with van der Waals surface area (Å²) >= 11 is 3.50. The lowest BCUT2D eigenvalue weighted by Gasteiger charge is -1.99. The van der Waals surface area contributed by atoms with Gasteiger partial charge in [-0.2, -0.15) is 0 Å². The third-order valence-electron chi connectivity index (χ3n) is 4.24. The van der Waals surface area contributed by atoms with Crippen LogP contribution in [0.5, 0.6) is 0 Å². The van der Waals surface area contributed by atoms with Gasteiger partial charge in [0, 0.05) is 4.47 Å². The van der Waals surface area contributed by atoms with Gasteiger partial charge in [-0.1, -0.05) is 70.5 Å². The third-order valence-corrected chi connectivity index (χ3v) is 4.77. The molecule has 0 saturated heterocycles. The minimum Gasteiger partial charge on any atom is -1.00 e. The second kappa shape index (κ2) is 7.98. The maximum atomic E-state index is 3.50. The Morgan fingerprint density at radius 3 is 2.20 bits per heavy atom. The highest BCUT2D eigenvalue weighted by atomic mass is 79.9. The number of aromatic nitrogens is 2. The zero-order valence-electron chi connectivity index (χ0n) is 13.6. The minimum absolute atomic E-state index is 0. The van der Waals surface area contributed by atoms with E-state index in [1.807, 2.05) is 0 Å². The molecule has 4 heteroatoms. The minimum atomic E-state index is 0. The fraction of sp³-hybridized carbons (Fsp3) is 0.0952. The smallest absolute Gasteiger partial charge is 0.245 e. The van der Waals surface area contributed by atoms with Gasteiger partial charge in [0.05, 0.1) is 0 Å². The molecule has 4 aromatic rings. The van der Waals surface area contributed by atoms with Crippen LogP contribution in [-0.2, 0) is 13.1 Å². The fourth-order valence-corrected chi connectivity index (χ4v) is 3.33. The van der Waals surface area contributed by atoms with E-state index in [4.69, 9.17) is 0 Å². The Balaban J connectivity index is 0.00000182. The Kier molecular flexibility index (Phi) is 5.71. The van der Waals surface area contributed by atoms with Crippen molar-refractivity contribution in [3.8, 4) is 0 Å². The van der Waals surface area contributed by atoms with Gasteiger partial charge in [-0.25, -0.2) is 9.13 Å². The van der Waals surface area contributed by atoms with Crippen LogP contribution in [0.15, 0.2) is 89.7 Å². The highest BCUT2D eigenvalue weighted by Gasteiger charge is 2.15. The molecule has 0 bridgehead atoms. The summed E-state index contributed by atoms with van der Waals surface area (Å²) in [6.07, 6.45) is 2.22. The molecule has 0 unspecified atom stereocenters. The number of nitrogens with zero attached hydrogens (tertiary/aromatic N) is 2. The predicted octanol–water partition coefficient (Wildman–Crippen LogP) is 1.79. The van der Waals surface area contributed by atoms with Crippen LogP contribution in [0.4, 0.5) is 0 Å². The van der Waals surface area contributed by atoms with E-state index in [1.165, 1.54) is 22.2 Å². The van der Waals surface area contributed by atoms with Crippen molar-refractivity contribution in [2.24, 2.45) is 0 Å². The molecule has 4 rings (SSSR count). The van der Waals surface area contributed by atoms with Crippen LogP contribution < -0.4 is 21.5 Å². The summed E-state index contributed by atoms with van der Waals surface area (Å²) < 4.78 is 5.76. The molecule has 0 saturated carbocycles. The Bertz CT molecular complexity index is 960. The van der Waals surface area contributed by atoms with Gasteiger partial charge < -0.3 is 17.0 Å². The first-order valence-electron chi connectivity index (χ1n) is 8.05. The molecule has 1 heterocycles. The molecular weight excluding hydrogens is 440 g/mol. The van der Waals surface area contributed by atoms with Crippen molar-refractivity contribution in [3.63, 3.8) is 0 Å². The molecule has 126 valence electrons. The van der Waals surface area contributed by atoms with Gasteiger partial charge in [0.25, 0.3) is 0 Å². The molecule has 1 aromatic heterocycles. The number of hydrogen-bond donors (Lipinski definition) is 0. The van der Waals surface area contributed by atoms with Crippen molar-refractivity contribution in [1.29, 1.82) is 0 Å². The summed E-state index contributed by atoms with van der Waals surface area (Å²) in [5, 5.41) is 0. The van der Waals surface area contributed by atoms with E-state index < -0.39 is 0 Å². The number of fused-ring (bicyclic) bond motifs is 1. The lowest BCUT2D eigenvalue weighted by atomic mass is 10.2. The highest BCUT2D eigenvalue weighted by molar-refractivity contribution is 9.10. The van der Waals surface area contributed by atoms with Crippen molar-refractivity contribution in [3.05, 3.63) is 101 Å². The molecule has 0 N–H and O–H groups in total. The topological polar surface area (TPSA) is 8.81 Å². The van der Waals surface area contributed by atoms with Crippen LogP contribution in [0, 0.1) is 0 Å². The van der Waals surface area contributed by atoms with Gasteiger partial charge in [-0.15, -0.1) is 0 Å². The number of imidazole rings is 1. The van der Waals surface area contributed by atoms with E-state index in [0.717, 1.165) is 17.6 Å². The molecule has 0 spiro atoms. The van der Waals surface area contributed by atoms with Crippen molar-refractivity contribution >= 4 is 27.0 Å². The molecular formula is C21H18Br2N2. The summed E-state index contributed by atoms with van der Waals surface area (Å²) in [7, 11) is 0. The Hall–Kier alpha value is -1.91. The average molecular weight is 458 g/mol. The Morgan fingerprint density at radius 1 is 0.760 bits per heavy atom. The number of benzene rings is 3. The van der Waals surface area contributed by atoms with Gasteiger partial charge in [0.15, 0.2) is 11.0 Å². The van der Waals surface area contributed by atoms with Crippen LogP contribution in [0.25, 0.3) is 11.0 Å². The zero-order chi connectivity index (χ0) is 16.4. The van der Waals surface area contributed by atoms with Gasteiger partial charge in [-0.3, -0.25) is 0 Å². The standard InChI is InChI=1S/C21H18BrN2.BrH/c22-19-12-10-18(11-13-19)15-24-16-23(14-17-6-2-1-3-7-17)20-8-4-5-9-21(20)24;/h1-13,16H,14-15H2;1H/q+1;/p-1. The Labute approximate surface area is 166 Å². The van der Waals surface area contributed by atoms with E-state index in [1.54, 1.807) is 0 Å². The third kappa shape index (κ3) is 4.02. The molecule has 0 atom stereocenters. The van der Waals surface area contributed by atoms with Crippen molar-refractivity contribution in [2.75, 3.05) is 0 Å². The van der Waals surface area contributed by atoms with E-state index >= 15 is 0 Å². The van der Waals surface area contributed by atoms with Crippen LogP contribution in [0.1, 0.15) is 11.1 Å².